The Morgan fingerprint density at radius 2 is 1.54 bits per heavy atom. The summed E-state index contributed by atoms with van der Waals surface area (Å²) in [6.07, 6.45) is -3.54. The van der Waals surface area contributed by atoms with Gasteiger partial charge in [-0.05, 0) is 110 Å². The average Bonchev–Trinajstić information content (AvgIpc) is 3.58. The van der Waals surface area contributed by atoms with E-state index in [9.17, 15) is 44.9 Å². The van der Waals surface area contributed by atoms with E-state index in [1.807, 2.05) is 6.92 Å². The van der Waals surface area contributed by atoms with Crippen LogP contribution in [0, 0.1) is 56.5 Å². The van der Waals surface area contributed by atoms with Gasteiger partial charge in [-0.15, -0.1) is 0 Å². The molecule has 390 valence electrons. The molecule has 18 nitrogen and oxygen atoms in total. The lowest BCUT2D eigenvalue weighted by atomic mass is 9.46. The standard InChI is InChI=1S/C53H71NO17/c1-28(2)8-19-40(55)30(4)53(61)43(69-48-29(3)45(42(57)27-65-48)71-49-46(44(58)41(56)26-66-49)70-47(59)31-9-14-34(64-7)15-10-31)25-39-37-18-11-32-24-36(20-22-51(32,5)38(37)21-23-52(39,53)6)68-50(60)67-35-16-12-33(13-17-35)54(62)63/h9-17,28-30,36-39,41-46,48-49,56-58,61H,8,18-27H2,1-7H3/t29?,30-,36+,37-,38?,39+,41?,42?,43+,44?,45?,46?,48?,49?,51+,52+,53-/m1/s1. The van der Waals surface area contributed by atoms with Crippen molar-refractivity contribution in [3.05, 3.63) is 75.9 Å². The van der Waals surface area contributed by atoms with Crippen LogP contribution in [0.4, 0.5) is 10.5 Å². The Hall–Kier alpha value is -4.53. The molecule has 4 aliphatic carbocycles. The number of esters is 1. The Kier molecular flexibility index (Phi) is 15.7. The van der Waals surface area contributed by atoms with Gasteiger partial charge in [0.25, 0.3) is 5.69 Å². The van der Waals surface area contributed by atoms with E-state index < -0.39 is 95.2 Å². The smallest absolute Gasteiger partial charge is 0.497 e. The Bertz CT molecular complexity index is 2270. The Balaban J connectivity index is 0.998. The number of benzene rings is 2. The van der Waals surface area contributed by atoms with Gasteiger partial charge in [-0.2, -0.15) is 0 Å². The summed E-state index contributed by atoms with van der Waals surface area (Å²) >= 11 is 0. The molecule has 8 rings (SSSR count). The largest absolute Gasteiger partial charge is 0.514 e. The summed E-state index contributed by atoms with van der Waals surface area (Å²) in [6, 6.07) is 11.4. The maximum Gasteiger partial charge on any atom is 0.514 e. The summed E-state index contributed by atoms with van der Waals surface area (Å²) in [5.41, 5.74) is -1.31. The molecule has 71 heavy (non-hydrogen) atoms. The molecule has 2 heterocycles. The number of aliphatic hydroxyl groups is 4. The minimum Gasteiger partial charge on any atom is -0.497 e. The quantitative estimate of drug-likeness (QED) is 0.0468. The highest BCUT2D eigenvalue weighted by Gasteiger charge is 2.70. The van der Waals surface area contributed by atoms with Crippen LogP contribution in [0.2, 0.25) is 0 Å². The lowest BCUT2D eigenvalue weighted by Crippen LogP contribution is -2.62. The number of rotatable bonds is 15. The summed E-state index contributed by atoms with van der Waals surface area (Å²) in [7, 11) is 1.49. The van der Waals surface area contributed by atoms with Crippen molar-refractivity contribution in [2.45, 2.75) is 160 Å². The number of carbonyl (C=O) groups is 3. The third-order valence-corrected chi connectivity index (χ3v) is 17.3. The van der Waals surface area contributed by atoms with Crippen LogP contribution < -0.4 is 9.47 Å². The number of nitro groups is 1. The molecule has 2 saturated heterocycles. The van der Waals surface area contributed by atoms with E-state index in [1.54, 1.807) is 19.1 Å². The van der Waals surface area contributed by atoms with E-state index in [2.05, 4.69) is 33.8 Å². The van der Waals surface area contributed by atoms with Crippen LogP contribution in [-0.2, 0) is 33.2 Å². The van der Waals surface area contributed by atoms with Crippen LogP contribution in [0.15, 0.2) is 60.2 Å². The van der Waals surface area contributed by atoms with E-state index in [4.69, 9.17) is 37.9 Å². The molecule has 6 aliphatic rings. The molecule has 0 radical (unpaired) electrons. The molecule has 5 fully saturated rings. The van der Waals surface area contributed by atoms with Gasteiger partial charge < -0.3 is 58.3 Å². The van der Waals surface area contributed by atoms with Crippen LogP contribution in [0.25, 0.3) is 0 Å². The number of hydrogen-bond acceptors (Lipinski definition) is 17. The molecule has 0 amide bonds. The number of fused-ring (bicyclic) bond motifs is 5. The number of methoxy groups -OCH3 is 1. The predicted molar refractivity (Wildman–Crippen MR) is 253 cm³/mol. The fourth-order valence-corrected chi connectivity index (χ4v) is 13.0. The normalized spacial score (nSPS) is 38.1. The third-order valence-electron chi connectivity index (χ3n) is 17.3. The van der Waals surface area contributed by atoms with Crippen molar-refractivity contribution in [2.24, 2.45) is 46.3 Å². The SMILES string of the molecule is COc1ccc(C(=O)OC2C(OC3C(O)COC(O[C@H]4C[C@H]5[C@@H]6CC=C7C[C@@H](OC(=O)Oc8ccc([N+](=O)[O-])cc8)CC[C@]7(C)C6CC[C@]5(C)[C@@]4(O)[C@H](C)C(=O)CCC(C)C)C3C)OCC(O)C2O)cc1. The summed E-state index contributed by atoms with van der Waals surface area (Å²) in [4.78, 5) is 51.0. The lowest BCUT2D eigenvalue weighted by Gasteiger charge is -2.59. The van der Waals surface area contributed by atoms with Gasteiger partial charge in [0, 0.05) is 42.2 Å². The Labute approximate surface area is 414 Å². The van der Waals surface area contributed by atoms with Crippen LogP contribution >= 0.6 is 0 Å². The molecule has 2 aromatic carbocycles. The van der Waals surface area contributed by atoms with Gasteiger partial charge in [-0.25, -0.2) is 9.59 Å². The number of Topliss-reactive ketones (excluding diaryl/α,β-unsaturated/α-hetero) is 1. The van der Waals surface area contributed by atoms with Crippen LogP contribution in [-0.4, -0.2) is 124 Å². The molecule has 0 spiro atoms. The fraction of sp³-hybridized carbons (Fsp3) is 0.679. The van der Waals surface area contributed by atoms with Crippen molar-refractivity contribution in [1.82, 2.24) is 0 Å². The van der Waals surface area contributed by atoms with E-state index in [0.29, 0.717) is 44.3 Å². The predicted octanol–water partition coefficient (Wildman–Crippen LogP) is 6.86. The number of ether oxygens (including phenoxy) is 8. The molecule has 4 N–H and O–H groups in total. The molecule has 17 atom stereocenters. The minimum atomic E-state index is -1.61. The van der Waals surface area contributed by atoms with Gasteiger partial charge in [0.2, 0.25) is 0 Å². The molecule has 0 bridgehead atoms. The molecule has 3 saturated carbocycles. The van der Waals surface area contributed by atoms with Crippen molar-refractivity contribution >= 4 is 23.6 Å². The van der Waals surface area contributed by atoms with Gasteiger partial charge in [0.05, 0.1) is 43.0 Å². The third kappa shape index (κ3) is 10.2. The van der Waals surface area contributed by atoms with Gasteiger partial charge >= 0.3 is 12.1 Å². The average molecular weight is 994 g/mol. The summed E-state index contributed by atoms with van der Waals surface area (Å²) < 4.78 is 47.5. The number of nitrogens with zero attached hydrogens (tertiary/aromatic N) is 1. The molecular weight excluding hydrogens is 923 g/mol. The molecule has 9 unspecified atom stereocenters. The van der Waals surface area contributed by atoms with E-state index in [1.165, 1.54) is 49.1 Å². The minimum absolute atomic E-state index is 0.0401. The number of aliphatic hydroxyl groups excluding tert-OH is 3. The molecular formula is C53H71NO17. The summed E-state index contributed by atoms with van der Waals surface area (Å²) in [5, 5.41) is 57.6. The first kappa shape index (κ1) is 52.8. The number of non-ortho nitro benzene ring substituents is 1. The van der Waals surface area contributed by atoms with E-state index in [0.717, 1.165) is 19.3 Å². The second-order valence-electron chi connectivity index (χ2n) is 21.7. The van der Waals surface area contributed by atoms with Crippen molar-refractivity contribution in [3.63, 3.8) is 0 Å². The summed E-state index contributed by atoms with van der Waals surface area (Å²) in [6.45, 7) is 11.6. The van der Waals surface area contributed by atoms with Crippen LogP contribution in [0.5, 0.6) is 11.5 Å². The zero-order valence-electron chi connectivity index (χ0n) is 41.7. The highest BCUT2D eigenvalue weighted by Crippen LogP contribution is 2.69. The first-order chi connectivity index (χ1) is 33.7. The van der Waals surface area contributed by atoms with E-state index >= 15 is 0 Å². The molecule has 2 aromatic rings. The maximum absolute atomic E-state index is 14.2. The molecule has 18 heteroatoms. The molecule has 2 aliphatic heterocycles. The molecule has 0 aromatic heterocycles. The van der Waals surface area contributed by atoms with Gasteiger partial charge in [-0.1, -0.05) is 53.2 Å². The zero-order chi connectivity index (χ0) is 51.2. The van der Waals surface area contributed by atoms with Crippen LogP contribution in [0.3, 0.4) is 0 Å². The number of allylic oxidation sites excluding steroid dienone is 1. The Morgan fingerprint density at radius 1 is 0.859 bits per heavy atom. The topological polar surface area (TPSA) is 249 Å². The van der Waals surface area contributed by atoms with Crippen molar-refractivity contribution < 1.29 is 77.6 Å². The second kappa shape index (κ2) is 21.1. The number of ketones is 1. The monoisotopic (exact) mass is 993 g/mol. The maximum atomic E-state index is 14.2. The Morgan fingerprint density at radius 3 is 2.21 bits per heavy atom. The highest BCUT2D eigenvalue weighted by atomic mass is 16.7. The number of nitro benzene ring substituents is 1. The number of hydrogen-bond donors (Lipinski definition) is 4. The van der Waals surface area contributed by atoms with Crippen molar-refractivity contribution in [1.29, 1.82) is 0 Å². The fourth-order valence-electron chi connectivity index (χ4n) is 13.0. The first-order valence-electron chi connectivity index (χ1n) is 25.2. The zero-order valence-corrected chi connectivity index (χ0v) is 41.7. The summed E-state index contributed by atoms with van der Waals surface area (Å²) in [5.74, 6) is -1.09. The van der Waals surface area contributed by atoms with Crippen molar-refractivity contribution in [3.8, 4) is 11.5 Å². The van der Waals surface area contributed by atoms with Gasteiger partial charge in [-0.3, -0.25) is 14.9 Å². The lowest BCUT2D eigenvalue weighted by molar-refractivity contribution is -0.384. The highest BCUT2D eigenvalue weighted by molar-refractivity contribution is 5.89. The van der Waals surface area contributed by atoms with Crippen LogP contribution in [0.1, 0.15) is 110 Å². The van der Waals surface area contributed by atoms with Gasteiger partial charge in [0.1, 0.15) is 47.3 Å². The van der Waals surface area contributed by atoms with E-state index in [-0.39, 0.29) is 65.1 Å². The first-order valence-corrected chi connectivity index (χ1v) is 25.2. The van der Waals surface area contributed by atoms with Gasteiger partial charge in [0.15, 0.2) is 18.7 Å². The van der Waals surface area contributed by atoms with Crippen molar-refractivity contribution in [2.75, 3.05) is 20.3 Å². The second-order valence-corrected chi connectivity index (χ2v) is 21.7. The number of carbonyl (C=O) groups excluding carboxylic acids is 3.